The van der Waals surface area contributed by atoms with Crippen molar-refractivity contribution in [1.82, 2.24) is 10.2 Å². The molecule has 0 bridgehead atoms. The Balaban J connectivity index is 1.73. The van der Waals surface area contributed by atoms with E-state index in [0.29, 0.717) is 17.4 Å². The predicted molar refractivity (Wildman–Crippen MR) is 78.1 cm³/mol. The normalized spacial score (nSPS) is 25.2. The van der Waals surface area contributed by atoms with Gasteiger partial charge in [-0.2, -0.15) is 0 Å². The summed E-state index contributed by atoms with van der Waals surface area (Å²) in [7, 11) is 0. The molecule has 2 heterocycles. The molecular formula is C15H19N3O3. The van der Waals surface area contributed by atoms with Crippen LogP contribution in [0.2, 0.25) is 0 Å². The zero-order valence-corrected chi connectivity index (χ0v) is 11.8. The van der Waals surface area contributed by atoms with E-state index in [1.807, 2.05) is 4.90 Å². The summed E-state index contributed by atoms with van der Waals surface area (Å²) < 4.78 is 0. The van der Waals surface area contributed by atoms with Gasteiger partial charge in [-0.05, 0) is 43.8 Å². The van der Waals surface area contributed by atoms with Crippen LogP contribution in [0.25, 0.3) is 0 Å². The Kier molecular flexibility index (Phi) is 3.88. The summed E-state index contributed by atoms with van der Waals surface area (Å²) in [5.74, 6) is 1.23. The van der Waals surface area contributed by atoms with Crippen molar-refractivity contribution >= 4 is 11.6 Å². The molecule has 0 spiro atoms. The molecule has 0 saturated carbocycles. The average molecular weight is 289 g/mol. The van der Waals surface area contributed by atoms with Gasteiger partial charge in [-0.25, -0.2) is 0 Å². The lowest BCUT2D eigenvalue weighted by Crippen LogP contribution is -2.32. The fourth-order valence-electron chi connectivity index (χ4n) is 3.36. The van der Waals surface area contributed by atoms with Gasteiger partial charge in [-0.15, -0.1) is 0 Å². The van der Waals surface area contributed by atoms with Crippen molar-refractivity contribution in [3.05, 3.63) is 39.9 Å². The topological polar surface area (TPSA) is 75.5 Å². The van der Waals surface area contributed by atoms with E-state index < -0.39 is 4.92 Å². The molecule has 1 amide bonds. The van der Waals surface area contributed by atoms with Crippen molar-refractivity contribution in [2.75, 3.05) is 26.2 Å². The monoisotopic (exact) mass is 289 g/mol. The summed E-state index contributed by atoms with van der Waals surface area (Å²) >= 11 is 0. The van der Waals surface area contributed by atoms with Crippen molar-refractivity contribution in [1.29, 1.82) is 0 Å². The quantitative estimate of drug-likeness (QED) is 0.663. The number of amides is 1. The van der Waals surface area contributed by atoms with E-state index in [2.05, 4.69) is 5.32 Å². The first kappa shape index (κ1) is 14.0. The highest BCUT2D eigenvalue weighted by Gasteiger charge is 2.31. The van der Waals surface area contributed by atoms with Gasteiger partial charge in [0, 0.05) is 30.8 Å². The van der Waals surface area contributed by atoms with E-state index in [1.54, 1.807) is 12.1 Å². The Morgan fingerprint density at radius 2 is 1.90 bits per heavy atom. The van der Waals surface area contributed by atoms with Crippen LogP contribution in [0.5, 0.6) is 0 Å². The highest BCUT2D eigenvalue weighted by atomic mass is 16.6. The average Bonchev–Trinajstić information content (AvgIpc) is 2.85. The molecular weight excluding hydrogens is 270 g/mol. The number of non-ortho nitro benzene ring substituents is 1. The van der Waals surface area contributed by atoms with Crippen LogP contribution < -0.4 is 5.32 Å². The molecule has 1 aromatic carbocycles. The van der Waals surface area contributed by atoms with Gasteiger partial charge < -0.3 is 10.2 Å². The SMILES string of the molecule is O=C(c1cccc([N+](=O)[O-])c1)N1CC[C@@H]2CNC[C@@H]2CC1. The number of nitro benzene ring substituents is 1. The molecule has 2 aliphatic heterocycles. The first-order valence-electron chi connectivity index (χ1n) is 7.39. The minimum absolute atomic E-state index is 0.0308. The molecule has 6 heteroatoms. The summed E-state index contributed by atoms with van der Waals surface area (Å²) in [6, 6.07) is 6.01. The Hall–Kier alpha value is -1.95. The second kappa shape index (κ2) is 5.81. The number of carbonyl (C=O) groups is 1. The summed E-state index contributed by atoms with van der Waals surface area (Å²) in [6.07, 6.45) is 2.02. The minimum atomic E-state index is -0.463. The fourth-order valence-corrected chi connectivity index (χ4v) is 3.36. The molecule has 0 aliphatic carbocycles. The molecule has 6 nitrogen and oxygen atoms in total. The molecule has 2 fully saturated rings. The molecule has 1 aromatic rings. The van der Waals surface area contributed by atoms with Crippen LogP contribution in [-0.4, -0.2) is 41.9 Å². The van der Waals surface area contributed by atoms with Crippen LogP contribution in [0, 0.1) is 22.0 Å². The van der Waals surface area contributed by atoms with Gasteiger partial charge in [0.25, 0.3) is 11.6 Å². The predicted octanol–water partition coefficient (Wildman–Crippen LogP) is 1.67. The summed E-state index contributed by atoms with van der Waals surface area (Å²) in [5.41, 5.74) is 0.381. The van der Waals surface area contributed by atoms with Crippen LogP contribution in [-0.2, 0) is 0 Å². The van der Waals surface area contributed by atoms with Crippen LogP contribution in [0.4, 0.5) is 5.69 Å². The number of fused-ring (bicyclic) bond motifs is 1. The summed E-state index contributed by atoms with van der Waals surface area (Å²) in [5, 5.41) is 14.2. The number of rotatable bonds is 2. The molecule has 112 valence electrons. The molecule has 1 N–H and O–H groups in total. The van der Waals surface area contributed by atoms with E-state index in [9.17, 15) is 14.9 Å². The molecule has 2 atom stereocenters. The second-order valence-electron chi connectivity index (χ2n) is 5.86. The van der Waals surface area contributed by atoms with Gasteiger partial charge in [-0.1, -0.05) is 6.07 Å². The largest absolute Gasteiger partial charge is 0.339 e. The van der Waals surface area contributed by atoms with Gasteiger partial charge in [0.15, 0.2) is 0 Å². The van der Waals surface area contributed by atoms with E-state index in [4.69, 9.17) is 0 Å². The Bertz CT molecular complexity index is 547. The highest BCUT2D eigenvalue weighted by Crippen LogP contribution is 2.28. The number of nitrogens with zero attached hydrogens (tertiary/aromatic N) is 2. The van der Waals surface area contributed by atoms with Crippen molar-refractivity contribution < 1.29 is 9.72 Å². The zero-order chi connectivity index (χ0) is 14.8. The van der Waals surface area contributed by atoms with Crippen molar-refractivity contribution in [3.63, 3.8) is 0 Å². The van der Waals surface area contributed by atoms with Gasteiger partial charge in [0.05, 0.1) is 4.92 Å². The maximum Gasteiger partial charge on any atom is 0.270 e. The Morgan fingerprint density at radius 3 is 2.52 bits per heavy atom. The Labute approximate surface area is 123 Å². The molecule has 2 saturated heterocycles. The van der Waals surface area contributed by atoms with E-state index in [1.165, 1.54) is 12.1 Å². The number of benzene rings is 1. The lowest BCUT2D eigenvalue weighted by Gasteiger charge is -2.20. The van der Waals surface area contributed by atoms with Gasteiger partial charge >= 0.3 is 0 Å². The third-order valence-corrected chi connectivity index (χ3v) is 4.61. The van der Waals surface area contributed by atoms with Gasteiger partial charge in [0.1, 0.15) is 0 Å². The van der Waals surface area contributed by atoms with E-state index in [-0.39, 0.29) is 11.6 Å². The third-order valence-electron chi connectivity index (χ3n) is 4.61. The van der Waals surface area contributed by atoms with Gasteiger partial charge in [-0.3, -0.25) is 14.9 Å². The second-order valence-corrected chi connectivity index (χ2v) is 5.86. The first-order chi connectivity index (χ1) is 10.1. The lowest BCUT2D eigenvalue weighted by molar-refractivity contribution is -0.384. The Morgan fingerprint density at radius 1 is 1.24 bits per heavy atom. The molecule has 0 radical (unpaired) electrons. The maximum atomic E-state index is 12.5. The number of likely N-dealkylation sites (tertiary alicyclic amines) is 1. The van der Waals surface area contributed by atoms with E-state index in [0.717, 1.165) is 39.0 Å². The summed E-state index contributed by atoms with van der Waals surface area (Å²) in [6.45, 7) is 3.57. The van der Waals surface area contributed by atoms with Gasteiger partial charge in [0.2, 0.25) is 0 Å². The van der Waals surface area contributed by atoms with Crippen LogP contribution >= 0.6 is 0 Å². The fraction of sp³-hybridized carbons (Fsp3) is 0.533. The minimum Gasteiger partial charge on any atom is -0.339 e. The standard InChI is InChI=1S/C15H19N3O3/c19-15(11-2-1-3-14(8-11)18(20)21)17-6-4-12-9-16-10-13(12)5-7-17/h1-3,8,12-13,16H,4-7,9-10H2/t12-,13+. The molecule has 2 aliphatic rings. The lowest BCUT2D eigenvalue weighted by atomic mass is 9.92. The number of nitro groups is 1. The number of hydrogen-bond acceptors (Lipinski definition) is 4. The third kappa shape index (κ3) is 2.90. The number of hydrogen-bond donors (Lipinski definition) is 1. The maximum absolute atomic E-state index is 12.5. The number of nitrogens with one attached hydrogen (secondary N) is 1. The number of carbonyl (C=O) groups excluding carboxylic acids is 1. The van der Waals surface area contributed by atoms with Crippen LogP contribution in [0.3, 0.4) is 0 Å². The van der Waals surface area contributed by atoms with Crippen LogP contribution in [0.15, 0.2) is 24.3 Å². The van der Waals surface area contributed by atoms with E-state index >= 15 is 0 Å². The smallest absolute Gasteiger partial charge is 0.270 e. The zero-order valence-electron chi connectivity index (χ0n) is 11.8. The van der Waals surface area contributed by atoms with Crippen molar-refractivity contribution in [3.8, 4) is 0 Å². The summed E-state index contributed by atoms with van der Waals surface area (Å²) in [4.78, 5) is 24.7. The van der Waals surface area contributed by atoms with Crippen LogP contribution in [0.1, 0.15) is 23.2 Å². The van der Waals surface area contributed by atoms with Crippen molar-refractivity contribution in [2.45, 2.75) is 12.8 Å². The molecule has 3 rings (SSSR count). The molecule has 0 unspecified atom stereocenters. The highest BCUT2D eigenvalue weighted by molar-refractivity contribution is 5.94. The first-order valence-corrected chi connectivity index (χ1v) is 7.39. The van der Waals surface area contributed by atoms with Crippen molar-refractivity contribution in [2.24, 2.45) is 11.8 Å². The molecule has 21 heavy (non-hydrogen) atoms. The molecule has 0 aromatic heterocycles.